The Hall–Kier alpha value is -2.30. The minimum Gasteiger partial charge on any atom is -0.378 e. The number of nitrogens with zero attached hydrogens (tertiary/aromatic N) is 1. The van der Waals surface area contributed by atoms with Crippen molar-refractivity contribution in [2.24, 2.45) is 0 Å². The number of halogens is 1. The third kappa shape index (κ3) is 2.90. The summed E-state index contributed by atoms with van der Waals surface area (Å²) in [7, 11) is 0. The molecule has 122 valence electrons. The zero-order valence-electron chi connectivity index (χ0n) is 13.1. The van der Waals surface area contributed by atoms with Gasteiger partial charge in [0.2, 0.25) is 0 Å². The lowest BCUT2D eigenvalue weighted by Gasteiger charge is -2.28. The van der Waals surface area contributed by atoms with Crippen LogP contribution in [-0.2, 0) is 9.53 Å². The van der Waals surface area contributed by atoms with Crippen molar-refractivity contribution in [1.82, 2.24) is 0 Å². The van der Waals surface area contributed by atoms with Gasteiger partial charge in [-0.25, -0.2) is 0 Å². The number of nitrogens with one attached hydrogen (secondary N) is 1. The highest BCUT2D eigenvalue weighted by atomic mass is 35.5. The summed E-state index contributed by atoms with van der Waals surface area (Å²) < 4.78 is 5.38. The first-order valence-electron chi connectivity index (χ1n) is 7.96. The lowest BCUT2D eigenvalue weighted by atomic mass is 10.0. The van der Waals surface area contributed by atoms with Crippen molar-refractivity contribution >= 4 is 40.5 Å². The van der Waals surface area contributed by atoms with Crippen molar-refractivity contribution in [1.29, 1.82) is 0 Å². The number of rotatable bonds is 2. The van der Waals surface area contributed by atoms with Crippen LogP contribution in [0.2, 0.25) is 5.02 Å². The van der Waals surface area contributed by atoms with Crippen molar-refractivity contribution < 1.29 is 9.53 Å². The molecule has 2 aliphatic heterocycles. The molecule has 2 aromatic rings. The Balaban J connectivity index is 1.61. The highest BCUT2D eigenvalue weighted by Gasteiger charge is 2.24. The summed E-state index contributed by atoms with van der Waals surface area (Å²) in [6, 6.07) is 13.7. The van der Waals surface area contributed by atoms with E-state index >= 15 is 0 Å². The van der Waals surface area contributed by atoms with Crippen molar-refractivity contribution in [2.45, 2.75) is 0 Å². The largest absolute Gasteiger partial charge is 0.378 e. The molecule has 1 saturated heterocycles. The van der Waals surface area contributed by atoms with Gasteiger partial charge in [0.25, 0.3) is 5.91 Å². The van der Waals surface area contributed by atoms with Crippen LogP contribution in [0.4, 0.5) is 11.4 Å². The van der Waals surface area contributed by atoms with Crippen LogP contribution in [0.5, 0.6) is 0 Å². The van der Waals surface area contributed by atoms with Crippen molar-refractivity contribution in [3.8, 4) is 0 Å². The second kappa shape index (κ2) is 6.30. The highest BCUT2D eigenvalue weighted by molar-refractivity contribution is 6.36. The predicted octanol–water partition coefficient (Wildman–Crippen LogP) is 3.67. The van der Waals surface area contributed by atoms with E-state index in [1.165, 1.54) is 5.69 Å². The van der Waals surface area contributed by atoms with Gasteiger partial charge in [-0.2, -0.15) is 0 Å². The van der Waals surface area contributed by atoms with E-state index in [2.05, 4.69) is 22.3 Å². The Morgan fingerprint density at radius 2 is 1.83 bits per heavy atom. The van der Waals surface area contributed by atoms with Crippen LogP contribution in [0.1, 0.15) is 11.1 Å². The monoisotopic (exact) mass is 340 g/mol. The van der Waals surface area contributed by atoms with Crippen LogP contribution in [0, 0.1) is 0 Å². The fourth-order valence-electron chi connectivity index (χ4n) is 3.08. The van der Waals surface area contributed by atoms with E-state index in [1.54, 1.807) is 12.1 Å². The van der Waals surface area contributed by atoms with Gasteiger partial charge in [0.1, 0.15) is 0 Å². The van der Waals surface area contributed by atoms with Crippen LogP contribution in [0.3, 0.4) is 0 Å². The normalized spacial score (nSPS) is 18.6. The van der Waals surface area contributed by atoms with E-state index in [-0.39, 0.29) is 5.91 Å². The third-order valence-electron chi connectivity index (χ3n) is 4.34. The molecule has 0 bridgehead atoms. The third-order valence-corrected chi connectivity index (χ3v) is 4.58. The summed E-state index contributed by atoms with van der Waals surface area (Å²) in [5.41, 5.74) is 4.51. The molecule has 1 amide bonds. The molecule has 0 radical (unpaired) electrons. The number of ether oxygens (including phenoxy) is 1. The lowest BCUT2D eigenvalue weighted by molar-refractivity contribution is -0.110. The number of anilines is 2. The summed E-state index contributed by atoms with van der Waals surface area (Å²) in [5.74, 6) is -0.0930. The first-order valence-corrected chi connectivity index (χ1v) is 8.34. The minimum atomic E-state index is -0.0930. The minimum absolute atomic E-state index is 0.0930. The molecule has 24 heavy (non-hydrogen) atoms. The van der Waals surface area contributed by atoms with Gasteiger partial charge in [-0.05, 0) is 35.9 Å². The summed E-state index contributed by atoms with van der Waals surface area (Å²) in [4.78, 5) is 14.5. The molecule has 0 unspecified atom stereocenters. The van der Waals surface area contributed by atoms with E-state index in [1.807, 2.05) is 24.3 Å². The van der Waals surface area contributed by atoms with Gasteiger partial charge in [-0.3, -0.25) is 4.79 Å². The number of benzene rings is 2. The average molecular weight is 341 g/mol. The quantitative estimate of drug-likeness (QED) is 0.848. The summed E-state index contributed by atoms with van der Waals surface area (Å²) in [6.45, 7) is 3.37. The zero-order chi connectivity index (χ0) is 16.5. The first kappa shape index (κ1) is 15.2. The molecule has 0 aromatic heterocycles. The fraction of sp³-hybridized carbons (Fsp3) is 0.211. The standard InChI is InChI=1S/C19H17ClN2O2/c20-14-3-6-16-17(19(23)21-18(16)12-14)11-13-1-4-15(5-2-13)22-7-9-24-10-8-22/h1-6,11-12H,7-10H2,(H,21,23)/b17-11+. The van der Waals surface area contributed by atoms with Gasteiger partial charge in [-0.1, -0.05) is 29.8 Å². The molecule has 0 aliphatic carbocycles. The Morgan fingerprint density at radius 3 is 2.58 bits per heavy atom. The van der Waals surface area contributed by atoms with E-state index in [4.69, 9.17) is 16.3 Å². The van der Waals surface area contributed by atoms with Gasteiger partial charge in [0.15, 0.2) is 0 Å². The molecule has 0 saturated carbocycles. The molecule has 2 aromatic carbocycles. The van der Waals surface area contributed by atoms with Gasteiger partial charge in [0.05, 0.1) is 18.9 Å². The predicted molar refractivity (Wildman–Crippen MR) is 97.4 cm³/mol. The second-order valence-electron chi connectivity index (χ2n) is 5.89. The van der Waals surface area contributed by atoms with Gasteiger partial charge in [0, 0.05) is 34.9 Å². The van der Waals surface area contributed by atoms with Crippen molar-refractivity contribution in [3.63, 3.8) is 0 Å². The first-order chi connectivity index (χ1) is 11.7. The smallest absolute Gasteiger partial charge is 0.256 e. The summed E-state index contributed by atoms with van der Waals surface area (Å²) in [6.07, 6.45) is 1.91. The maximum atomic E-state index is 12.2. The molecule has 2 aliphatic rings. The molecule has 1 fully saturated rings. The summed E-state index contributed by atoms with van der Waals surface area (Å²) >= 11 is 5.99. The van der Waals surface area contributed by atoms with Gasteiger partial charge in [-0.15, -0.1) is 0 Å². The number of morpholine rings is 1. The summed E-state index contributed by atoms with van der Waals surface area (Å²) in [5, 5.41) is 3.47. The lowest BCUT2D eigenvalue weighted by Crippen LogP contribution is -2.36. The highest BCUT2D eigenvalue weighted by Crippen LogP contribution is 2.35. The molecule has 0 spiro atoms. The molecule has 4 nitrogen and oxygen atoms in total. The maximum absolute atomic E-state index is 12.2. The molecule has 0 atom stereocenters. The van der Waals surface area contributed by atoms with Gasteiger partial charge < -0.3 is 15.0 Å². The fourth-order valence-corrected chi connectivity index (χ4v) is 3.25. The average Bonchev–Trinajstić information content (AvgIpc) is 2.91. The van der Waals surface area contributed by atoms with Crippen LogP contribution in [0.25, 0.3) is 11.6 Å². The molecule has 1 N–H and O–H groups in total. The Bertz CT molecular complexity index is 809. The van der Waals surface area contributed by atoms with Gasteiger partial charge >= 0.3 is 0 Å². The van der Waals surface area contributed by atoms with Crippen molar-refractivity contribution in [2.75, 3.05) is 36.5 Å². The van der Waals surface area contributed by atoms with Crippen LogP contribution in [-0.4, -0.2) is 32.2 Å². The number of hydrogen-bond acceptors (Lipinski definition) is 3. The van der Waals surface area contributed by atoms with Crippen LogP contribution < -0.4 is 10.2 Å². The van der Waals surface area contributed by atoms with E-state index in [0.717, 1.165) is 43.1 Å². The van der Waals surface area contributed by atoms with Crippen LogP contribution >= 0.6 is 11.6 Å². The molecular weight excluding hydrogens is 324 g/mol. The molecule has 2 heterocycles. The SMILES string of the molecule is O=C1Nc2cc(Cl)ccc2/C1=C\c1ccc(N2CCOCC2)cc1. The number of carbonyl (C=O) groups excluding carboxylic acids is 1. The Labute approximate surface area is 145 Å². The number of amides is 1. The molecule has 4 rings (SSSR count). The Kier molecular flexibility index (Phi) is 4.00. The maximum Gasteiger partial charge on any atom is 0.256 e. The molecular formula is C19H17ClN2O2. The molecule has 5 heteroatoms. The topological polar surface area (TPSA) is 41.6 Å². The number of hydrogen-bond donors (Lipinski definition) is 1. The second-order valence-corrected chi connectivity index (χ2v) is 6.33. The number of fused-ring (bicyclic) bond motifs is 1. The van der Waals surface area contributed by atoms with E-state index in [0.29, 0.717) is 10.6 Å². The number of carbonyl (C=O) groups is 1. The van der Waals surface area contributed by atoms with E-state index in [9.17, 15) is 4.79 Å². The van der Waals surface area contributed by atoms with Crippen LogP contribution in [0.15, 0.2) is 42.5 Å². The zero-order valence-corrected chi connectivity index (χ0v) is 13.8. The van der Waals surface area contributed by atoms with Crippen molar-refractivity contribution in [3.05, 3.63) is 58.6 Å². The Morgan fingerprint density at radius 1 is 1.08 bits per heavy atom. The van der Waals surface area contributed by atoms with E-state index < -0.39 is 0 Å².